The lowest BCUT2D eigenvalue weighted by atomic mass is 10.3. The van der Waals surface area contributed by atoms with E-state index < -0.39 is 0 Å². The standard InChI is InChI=1S/C14H15N5O/c1-10-18-12-4-2-3-5-13(12)19(10)7-6-15-14(20)11-8-16-17-9-11/h2-5,8-9H,6-7H2,1H3,(H,15,20)(H,16,17). The van der Waals surface area contributed by atoms with Gasteiger partial charge in [0.2, 0.25) is 0 Å². The number of amides is 1. The number of hydrogen-bond acceptors (Lipinski definition) is 3. The highest BCUT2D eigenvalue weighted by atomic mass is 16.1. The fraction of sp³-hybridized carbons (Fsp3) is 0.214. The minimum atomic E-state index is -0.124. The lowest BCUT2D eigenvalue weighted by Crippen LogP contribution is -2.27. The van der Waals surface area contributed by atoms with Crippen molar-refractivity contribution in [2.45, 2.75) is 13.5 Å². The molecule has 0 radical (unpaired) electrons. The van der Waals surface area contributed by atoms with Crippen molar-refractivity contribution in [3.8, 4) is 0 Å². The Labute approximate surface area is 115 Å². The first-order valence-electron chi connectivity index (χ1n) is 6.44. The van der Waals surface area contributed by atoms with E-state index in [9.17, 15) is 4.79 Å². The number of imidazole rings is 1. The van der Waals surface area contributed by atoms with Crippen LogP contribution in [0.1, 0.15) is 16.2 Å². The average molecular weight is 269 g/mol. The second-order valence-corrected chi connectivity index (χ2v) is 4.54. The number of benzene rings is 1. The molecule has 0 aliphatic heterocycles. The molecule has 1 amide bonds. The number of rotatable bonds is 4. The van der Waals surface area contributed by atoms with Crippen LogP contribution in [0.5, 0.6) is 0 Å². The molecule has 3 rings (SSSR count). The monoisotopic (exact) mass is 269 g/mol. The molecule has 0 saturated carbocycles. The quantitative estimate of drug-likeness (QED) is 0.753. The topological polar surface area (TPSA) is 75.6 Å². The summed E-state index contributed by atoms with van der Waals surface area (Å²) in [7, 11) is 0. The van der Waals surface area contributed by atoms with Crippen molar-refractivity contribution in [1.29, 1.82) is 0 Å². The molecular formula is C14H15N5O. The van der Waals surface area contributed by atoms with E-state index >= 15 is 0 Å². The summed E-state index contributed by atoms with van der Waals surface area (Å²) >= 11 is 0. The van der Waals surface area contributed by atoms with Gasteiger partial charge in [-0.15, -0.1) is 0 Å². The number of nitrogens with one attached hydrogen (secondary N) is 2. The summed E-state index contributed by atoms with van der Waals surface area (Å²) in [5.41, 5.74) is 2.60. The molecule has 6 nitrogen and oxygen atoms in total. The van der Waals surface area contributed by atoms with E-state index in [0.717, 1.165) is 16.9 Å². The normalized spacial score (nSPS) is 10.8. The highest BCUT2D eigenvalue weighted by Gasteiger charge is 2.08. The second kappa shape index (κ2) is 5.16. The zero-order valence-corrected chi connectivity index (χ0v) is 11.1. The summed E-state index contributed by atoms with van der Waals surface area (Å²) in [5.74, 6) is 0.824. The Hall–Kier alpha value is -2.63. The summed E-state index contributed by atoms with van der Waals surface area (Å²) < 4.78 is 2.10. The third-order valence-corrected chi connectivity index (χ3v) is 3.23. The molecule has 0 unspecified atom stereocenters. The van der Waals surface area contributed by atoms with Crippen LogP contribution >= 0.6 is 0 Å². The maximum Gasteiger partial charge on any atom is 0.254 e. The van der Waals surface area contributed by atoms with Gasteiger partial charge in [-0.2, -0.15) is 5.10 Å². The maximum absolute atomic E-state index is 11.8. The Morgan fingerprint density at radius 2 is 2.25 bits per heavy atom. The highest BCUT2D eigenvalue weighted by molar-refractivity contribution is 5.93. The van der Waals surface area contributed by atoms with E-state index in [1.807, 2.05) is 31.2 Å². The average Bonchev–Trinajstić information content (AvgIpc) is 3.07. The fourth-order valence-corrected chi connectivity index (χ4v) is 2.24. The van der Waals surface area contributed by atoms with E-state index in [0.29, 0.717) is 18.7 Å². The van der Waals surface area contributed by atoms with Crippen molar-refractivity contribution in [3.63, 3.8) is 0 Å². The van der Waals surface area contributed by atoms with Gasteiger partial charge in [-0.25, -0.2) is 4.98 Å². The van der Waals surface area contributed by atoms with Gasteiger partial charge in [-0.05, 0) is 19.1 Å². The van der Waals surface area contributed by atoms with Crippen LogP contribution in [0.3, 0.4) is 0 Å². The summed E-state index contributed by atoms with van der Waals surface area (Å²) in [4.78, 5) is 16.3. The van der Waals surface area contributed by atoms with E-state index in [-0.39, 0.29) is 5.91 Å². The summed E-state index contributed by atoms with van der Waals surface area (Å²) in [5, 5.41) is 9.24. The SMILES string of the molecule is Cc1nc2ccccc2n1CCNC(=O)c1cn[nH]c1. The predicted molar refractivity (Wildman–Crippen MR) is 75.4 cm³/mol. The third kappa shape index (κ3) is 2.27. The van der Waals surface area contributed by atoms with Crippen LogP contribution in [-0.4, -0.2) is 32.2 Å². The number of carbonyl (C=O) groups excluding carboxylic acids is 1. The van der Waals surface area contributed by atoms with Gasteiger partial charge in [-0.1, -0.05) is 12.1 Å². The molecule has 3 aromatic rings. The molecule has 0 saturated heterocycles. The number of aromatic amines is 1. The van der Waals surface area contributed by atoms with Gasteiger partial charge in [0.05, 0.1) is 22.8 Å². The molecule has 2 N–H and O–H groups in total. The number of hydrogen-bond donors (Lipinski definition) is 2. The number of H-pyrrole nitrogens is 1. The molecule has 2 aromatic heterocycles. The molecule has 102 valence electrons. The Bertz CT molecular complexity index is 729. The molecule has 20 heavy (non-hydrogen) atoms. The number of fused-ring (bicyclic) bond motifs is 1. The van der Waals surface area contributed by atoms with Gasteiger partial charge in [0.1, 0.15) is 5.82 Å². The zero-order chi connectivity index (χ0) is 13.9. The highest BCUT2D eigenvalue weighted by Crippen LogP contribution is 2.14. The van der Waals surface area contributed by atoms with Crippen molar-refractivity contribution >= 4 is 16.9 Å². The van der Waals surface area contributed by atoms with Crippen molar-refractivity contribution in [2.24, 2.45) is 0 Å². The molecule has 0 atom stereocenters. The molecule has 0 spiro atoms. The van der Waals surface area contributed by atoms with E-state index in [4.69, 9.17) is 0 Å². The first kappa shape index (κ1) is 12.4. The van der Waals surface area contributed by atoms with Crippen LogP contribution in [0, 0.1) is 6.92 Å². The molecule has 0 aliphatic rings. The minimum Gasteiger partial charge on any atom is -0.350 e. The lowest BCUT2D eigenvalue weighted by molar-refractivity contribution is 0.0952. The van der Waals surface area contributed by atoms with E-state index in [2.05, 4.69) is 25.1 Å². The zero-order valence-electron chi connectivity index (χ0n) is 11.1. The lowest BCUT2D eigenvalue weighted by Gasteiger charge is -2.07. The largest absolute Gasteiger partial charge is 0.350 e. The number of carbonyl (C=O) groups is 1. The van der Waals surface area contributed by atoms with Crippen LogP contribution in [0.15, 0.2) is 36.7 Å². The first-order valence-corrected chi connectivity index (χ1v) is 6.44. The van der Waals surface area contributed by atoms with Crippen LogP contribution < -0.4 is 5.32 Å². The van der Waals surface area contributed by atoms with Crippen LogP contribution in [0.25, 0.3) is 11.0 Å². The third-order valence-electron chi connectivity index (χ3n) is 3.23. The Morgan fingerprint density at radius 1 is 1.40 bits per heavy atom. The van der Waals surface area contributed by atoms with Crippen LogP contribution in [-0.2, 0) is 6.54 Å². The number of para-hydroxylation sites is 2. The molecule has 0 bridgehead atoms. The van der Waals surface area contributed by atoms with E-state index in [1.165, 1.54) is 6.20 Å². The number of aryl methyl sites for hydroxylation is 1. The van der Waals surface area contributed by atoms with Crippen molar-refractivity contribution < 1.29 is 4.79 Å². The van der Waals surface area contributed by atoms with Crippen molar-refractivity contribution in [2.75, 3.05) is 6.54 Å². The molecule has 6 heteroatoms. The van der Waals surface area contributed by atoms with Gasteiger partial charge < -0.3 is 9.88 Å². The summed E-state index contributed by atoms with van der Waals surface area (Å²) in [6, 6.07) is 7.99. The first-order chi connectivity index (χ1) is 9.75. The molecule has 0 aliphatic carbocycles. The minimum absolute atomic E-state index is 0.124. The van der Waals surface area contributed by atoms with Crippen molar-refractivity contribution in [3.05, 3.63) is 48.0 Å². The van der Waals surface area contributed by atoms with Crippen molar-refractivity contribution in [1.82, 2.24) is 25.1 Å². The van der Waals surface area contributed by atoms with Gasteiger partial charge in [0.25, 0.3) is 5.91 Å². The Balaban J connectivity index is 1.68. The number of aromatic nitrogens is 4. The predicted octanol–water partition coefficient (Wildman–Crippen LogP) is 1.50. The molecular weight excluding hydrogens is 254 g/mol. The van der Waals surface area contributed by atoms with Gasteiger partial charge >= 0.3 is 0 Å². The molecule has 0 fully saturated rings. The van der Waals surface area contributed by atoms with E-state index in [1.54, 1.807) is 6.20 Å². The summed E-state index contributed by atoms with van der Waals surface area (Å²) in [6.07, 6.45) is 3.08. The van der Waals surface area contributed by atoms with Crippen LogP contribution in [0.4, 0.5) is 0 Å². The fourth-order valence-electron chi connectivity index (χ4n) is 2.24. The van der Waals surface area contributed by atoms with Gasteiger partial charge in [0, 0.05) is 19.3 Å². The van der Waals surface area contributed by atoms with Crippen LogP contribution in [0.2, 0.25) is 0 Å². The maximum atomic E-state index is 11.8. The van der Waals surface area contributed by atoms with Gasteiger partial charge in [0.15, 0.2) is 0 Å². The molecule has 1 aromatic carbocycles. The Kier molecular flexibility index (Phi) is 3.20. The number of nitrogens with zero attached hydrogens (tertiary/aromatic N) is 3. The van der Waals surface area contributed by atoms with Gasteiger partial charge in [-0.3, -0.25) is 9.89 Å². The Morgan fingerprint density at radius 3 is 3.05 bits per heavy atom. The smallest absolute Gasteiger partial charge is 0.254 e. The summed E-state index contributed by atoms with van der Waals surface area (Å²) in [6.45, 7) is 3.21. The second-order valence-electron chi connectivity index (χ2n) is 4.54. The molecule has 2 heterocycles.